The summed E-state index contributed by atoms with van der Waals surface area (Å²) in [6.07, 6.45) is 0. The molecule has 3 heteroatoms. The van der Waals surface area contributed by atoms with E-state index in [9.17, 15) is 0 Å². The van der Waals surface area contributed by atoms with E-state index < -0.39 is 0 Å². The van der Waals surface area contributed by atoms with E-state index in [1.165, 1.54) is 5.56 Å². The molecule has 0 radical (unpaired) electrons. The molecule has 0 spiro atoms. The van der Waals surface area contributed by atoms with E-state index in [-0.39, 0.29) is 0 Å². The number of rotatable bonds is 5. The van der Waals surface area contributed by atoms with Gasteiger partial charge in [-0.15, -0.1) is 0 Å². The molecule has 1 aromatic rings. The summed E-state index contributed by atoms with van der Waals surface area (Å²) in [6.45, 7) is 3.74. The topological polar surface area (TPSA) is 21.3 Å². The van der Waals surface area contributed by atoms with E-state index in [4.69, 9.17) is 4.74 Å². The molecule has 1 N–H and O–H groups in total. The first-order valence-electron chi connectivity index (χ1n) is 4.69. The van der Waals surface area contributed by atoms with Crippen molar-refractivity contribution in [3.8, 4) is 0 Å². The second kappa shape index (κ2) is 6.17. The van der Waals surface area contributed by atoms with Crippen LogP contribution in [0.4, 0.5) is 0 Å². The second-order valence-electron chi connectivity index (χ2n) is 3.37. The van der Waals surface area contributed by atoms with Crippen molar-refractivity contribution >= 4 is 15.9 Å². The van der Waals surface area contributed by atoms with Gasteiger partial charge in [-0.25, -0.2) is 0 Å². The molecular weight excluding hydrogens is 242 g/mol. The number of methoxy groups -OCH3 is 1. The Hall–Kier alpha value is -0.380. The van der Waals surface area contributed by atoms with Gasteiger partial charge < -0.3 is 10.1 Å². The van der Waals surface area contributed by atoms with Crippen LogP contribution in [0.3, 0.4) is 0 Å². The normalized spacial score (nSPS) is 12.8. The SMILES string of the molecule is COC[C@H](C)NCc1cccc(Br)c1. The van der Waals surface area contributed by atoms with Gasteiger partial charge in [-0.05, 0) is 24.6 Å². The number of ether oxygens (including phenoxy) is 1. The zero-order valence-electron chi connectivity index (χ0n) is 8.59. The van der Waals surface area contributed by atoms with Crippen LogP contribution in [0.1, 0.15) is 12.5 Å². The van der Waals surface area contributed by atoms with Crippen molar-refractivity contribution in [1.82, 2.24) is 5.32 Å². The van der Waals surface area contributed by atoms with Gasteiger partial charge in [0.1, 0.15) is 0 Å². The molecule has 0 unspecified atom stereocenters. The van der Waals surface area contributed by atoms with Crippen LogP contribution in [0.15, 0.2) is 28.7 Å². The third kappa shape index (κ3) is 4.22. The Bertz CT molecular complexity index is 278. The average Bonchev–Trinajstić information content (AvgIpc) is 2.15. The molecule has 1 atom stereocenters. The number of hydrogen-bond acceptors (Lipinski definition) is 2. The summed E-state index contributed by atoms with van der Waals surface area (Å²) in [4.78, 5) is 0. The van der Waals surface area contributed by atoms with E-state index in [1.54, 1.807) is 7.11 Å². The lowest BCUT2D eigenvalue weighted by Gasteiger charge is -2.12. The number of benzene rings is 1. The quantitative estimate of drug-likeness (QED) is 0.876. The Morgan fingerprint density at radius 2 is 2.29 bits per heavy atom. The van der Waals surface area contributed by atoms with Crippen molar-refractivity contribution in [3.63, 3.8) is 0 Å². The van der Waals surface area contributed by atoms with Gasteiger partial charge in [-0.2, -0.15) is 0 Å². The third-order valence-corrected chi connectivity index (χ3v) is 2.45. The van der Waals surface area contributed by atoms with Crippen molar-refractivity contribution in [2.75, 3.05) is 13.7 Å². The van der Waals surface area contributed by atoms with Crippen molar-refractivity contribution in [1.29, 1.82) is 0 Å². The highest BCUT2D eigenvalue weighted by atomic mass is 79.9. The summed E-state index contributed by atoms with van der Waals surface area (Å²) in [5.41, 5.74) is 1.28. The molecule has 0 aliphatic heterocycles. The maximum absolute atomic E-state index is 5.04. The van der Waals surface area contributed by atoms with Gasteiger partial charge in [-0.1, -0.05) is 28.1 Å². The van der Waals surface area contributed by atoms with Crippen LogP contribution >= 0.6 is 15.9 Å². The zero-order valence-corrected chi connectivity index (χ0v) is 10.2. The summed E-state index contributed by atoms with van der Waals surface area (Å²) >= 11 is 3.45. The molecule has 14 heavy (non-hydrogen) atoms. The molecule has 0 saturated carbocycles. The standard InChI is InChI=1S/C11H16BrNO/c1-9(8-14-2)13-7-10-4-3-5-11(12)6-10/h3-6,9,13H,7-8H2,1-2H3/t9-/m0/s1. The highest BCUT2D eigenvalue weighted by Gasteiger charge is 2.00. The second-order valence-corrected chi connectivity index (χ2v) is 4.28. The van der Waals surface area contributed by atoms with Crippen molar-refractivity contribution in [2.45, 2.75) is 19.5 Å². The van der Waals surface area contributed by atoms with Crippen molar-refractivity contribution < 1.29 is 4.74 Å². The third-order valence-electron chi connectivity index (χ3n) is 1.96. The number of nitrogens with one attached hydrogen (secondary N) is 1. The van der Waals surface area contributed by atoms with Gasteiger partial charge in [0.05, 0.1) is 6.61 Å². The summed E-state index contributed by atoms with van der Waals surface area (Å²) in [5.74, 6) is 0. The van der Waals surface area contributed by atoms with Gasteiger partial charge in [0.25, 0.3) is 0 Å². The fraction of sp³-hybridized carbons (Fsp3) is 0.455. The maximum atomic E-state index is 5.04. The lowest BCUT2D eigenvalue weighted by atomic mass is 10.2. The molecule has 0 aliphatic carbocycles. The Morgan fingerprint density at radius 1 is 1.50 bits per heavy atom. The smallest absolute Gasteiger partial charge is 0.0613 e. The fourth-order valence-electron chi connectivity index (χ4n) is 1.25. The maximum Gasteiger partial charge on any atom is 0.0613 e. The Morgan fingerprint density at radius 3 is 2.93 bits per heavy atom. The Labute approximate surface area is 93.8 Å². The number of hydrogen-bond donors (Lipinski definition) is 1. The number of halogens is 1. The van der Waals surface area contributed by atoms with Gasteiger partial charge >= 0.3 is 0 Å². The highest BCUT2D eigenvalue weighted by Crippen LogP contribution is 2.11. The molecule has 0 fully saturated rings. The van der Waals surface area contributed by atoms with Gasteiger partial charge in [0.2, 0.25) is 0 Å². The van der Waals surface area contributed by atoms with Crippen LogP contribution in [-0.2, 0) is 11.3 Å². The average molecular weight is 258 g/mol. The monoisotopic (exact) mass is 257 g/mol. The molecule has 78 valence electrons. The summed E-state index contributed by atoms with van der Waals surface area (Å²) in [6, 6.07) is 8.69. The highest BCUT2D eigenvalue weighted by molar-refractivity contribution is 9.10. The van der Waals surface area contributed by atoms with E-state index >= 15 is 0 Å². The molecule has 0 amide bonds. The minimum atomic E-state index is 0.388. The predicted molar refractivity (Wildman–Crippen MR) is 62.3 cm³/mol. The molecular formula is C11H16BrNO. The van der Waals surface area contributed by atoms with E-state index in [1.807, 2.05) is 12.1 Å². The predicted octanol–water partition coefficient (Wildman–Crippen LogP) is 2.57. The van der Waals surface area contributed by atoms with Crippen LogP contribution in [0.5, 0.6) is 0 Å². The summed E-state index contributed by atoms with van der Waals surface area (Å²) < 4.78 is 6.17. The molecule has 1 aromatic carbocycles. The summed E-state index contributed by atoms with van der Waals surface area (Å²) in [7, 11) is 1.72. The van der Waals surface area contributed by atoms with Crippen molar-refractivity contribution in [2.24, 2.45) is 0 Å². The molecule has 0 bridgehead atoms. The summed E-state index contributed by atoms with van der Waals surface area (Å²) in [5, 5.41) is 3.38. The van der Waals surface area contributed by atoms with Gasteiger partial charge in [0.15, 0.2) is 0 Å². The molecule has 1 rings (SSSR count). The lowest BCUT2D eigenvalue weighted by molar-refractivity contribution is 0.171. The first kappa shape index (κ1) is 11.7. The molecule has 2 nitrogen and oxygen atoms in total. The first-order valence-corrected chi connectivity index (χ1v) is 5.48. The van der Waals surface area contributed by atoms with Crippen molar-refractivity contribution in [3.05, 3.63) is 34.3 Å². The van der Waals surface area contributed by atoms with Crippen LogP contribution in [0.2, 0.25) is 0 Å². The van der Waals surface area contributed by atoms with E-state index in [0.29, 0.717) is 6.04 Å². The van der Waals surface area contributed by atoms with E-state index in [2.05, 4.69) is 40.3 Å². The van der Waals surface area contributed by atoms with Gasteiger partial charge in [0, 0.05) is 24.2 Å². The fourth-order valence-corrected chi connectivity index (χ4v) is 1.69. The lowest BCUT2D eigenvalue weighted by Crippen LogP contribution is -2.29. The van der Waals surface area contributed by atoms with Crippen LogP contribution in [0, 0.1) is 0 Å². The largest absolute Gasteiger partial charge is 0.383 e. The molecule has 0 aromatic heterocycles. The molecule has 0 saturated heterocycles. The first-order chi connectivity index (χ1) is 6.72. The van der Waals surface area contributed by atoms with Crippen LogP contribution < -0.4 is 5.32 Å². The minimum absolute atomic E-state index is 0.388. The van der Waals surface area contributed by atoms with Crippen LogP contribution in [0.25, 0.3) is 0 Å². The Kier molecular flexibility index (Phi) is 5.15. The zero-order chi connectivity index (χ0) is 10.4. The van der Waals surface area contributed by atoms with Crippen LogP contribution in [-0.4, -0.2) is 19.8 Å². The minimum Gasteiger partial charge on any atom is -0.383 e. The molecule has 0 heterocycles. The van der Waals surface area contributed by atoms with Gasteiger partial charge in [-0.3, -0.25) is 0 Å². The Balaban J connectivity index is 2.37. The molecule has 0 aliphatic rings. The van der Waals surface area contributed by atoms with E-state index in [0.717, 1.165) is 17.6 Å².